The summed E-state index contributed by atoms with van der Waals surface area (Å²) in [7, 11) is 0. The maximum Gasteiger partial charge on any atom is 0.220 e. The first-order chi connectivity index (χ1) is 11.2. The van der Waals surface area contributed by atoms with Gasteiger partial charge in [-0.15, -0.1) is 0 Å². The highest BCUT2D eigenvalue weighted by molar-refractivity contribution is 5.76. The summed E-state index contributed by atoms with van der Waals surface area (Å²) in [6, 6.07) is 8.56. The Kier molecular flexibility index (Phi) is 5.16. The van der Waals surface area contributed by atoms with Gasteiger partial charge in [-0.25, -0.2) is 0 Å². The van der Waals surface area contributed by atoms with Crippen molar-refractivity contribution in [1.29, 1.82) is 0 Å². The Morgan fingerprint density at radius 2 is 2.09 bits per heavy atom. The van der Waals surface area contributed by atoms with Crippen LogP contribution in [0.15, 0.2) is 36.4 Å². The summed E-state index contributed by atoms with van der Waals surface area (Å²) in [5.41, 5.74) is 2.69. The molecule has 1 saturated heterocycles. The van der Waals surface area contributed by atoms with Crippen LogP contribution in [-0.2, 0) is 14.9 Å². The van der Waals surface area contributed by atoms with Crippen LogP contribution in [0.2, 0.25) is 0 Å². The molecule has 0 unspecified atom stereocenters. The predicted molar refractivity (Wildman–Crippen MR) is 92.4 cm³/mol. The van der Waals surface area contributed by atoms with Gasteiger partial charge < -0.3 is 10.1 Å². The molecule has 0 saturated carbocycles. The van der Waals surface area contributed by atoms with E-state index in [9.17, 15) is 4.79 Å². The van der Waals surface area contributed by atoms with Gasteiger partial charge in [0, 0.05) is 31.6 Å². The second-order valence-corrected chi connectivity index (χ2v) is 6.95. The highest BCUT2D eigenvalue weighted by Crippen LogP contribution is 2.36. The molecule has 1 aliphatic heterocycles. The van der Waals surface area contributed by atoms with Crippen LogP contribution in [0.4, 0.5) is 0 Å². The van der Waals surface area contributed by atoms with Crippen molar-refractivity contribution in [3.05, 3.63) is 47.5 Å². The van der Waals surface area contributed by atoms with E-state index in [-0.39, 0.29) is 11.3 Å². The molecule has 3 nitrogen and oxygen atoms in total. The number of allylic oxidation sites excluding steroid dienone is 2. The van der Waals surface area contributed by atoms with Crippen LogP contribution < -0.4 is 5.32 Å². The number of rotatable bonds is 5. The molecule has 0 aromatic heterocycles. The van der Waals surface area contributed by atoms with E-state index in [0.29, 0.717) is 12.3 Å². The molecule has 23 heavy (non-hydrogen) atoms. The van der Waals surface area contributed by atoms with E-state index in [2.05, 4.69) is 48.7 Å². The molecule has 1 aromatic rings. The average molecular weight is 313 g/mol. The molecule has 1 fully saturated rings. The Hall–Kier alpha value is -1.61. The van der Waals surface area contributed by atoms with Crippen LogP contribution in [0, 0.1) is 12.8 Å². The Balaban J connectivity index is 1.68. The third-order valence-corrected chi connectivity index (χ3v) is 5.35. The van der Waals surface area contributed by atoms with Crippen LogP contribution in [0.5, 0.6) is 0 Å². The molecule has 0 radical (unpaired) electrons. The number of ether oxygens (including phenoxy) is 1. The molecule has 0 spiro atoms. The van der Waals surface area contributed by atoms with Crippen LogP contribution in [0.1, 0.15) is 43.2 Å². The van der Waals surface area contributed by atoms with E-state index in [1.54, 1.807) is 0 Å². The predicted octanol–water partition coefficient (Wildman–Crippen LogP) is 3.52. The van der Waals surface area contributed by atoms with Crippen molar-refractivity contribution in [3.63, 3.8) is 0 Å². The minimum absolute atomic E-state index is 0.0186. The number of aryl methyl sites for hydroxylation is 1. The largest absolute Gasteiger partial charge is 0.381 e. The van der Waals surface area contributed by atoms with Crippen LogP contribution in [0.3, 0.4) is 0 Å². The fourth-order valence-corrected chi connectivity index (χ4v) is 3.91. The lowest BCUT2D eigenvalue weighted by Gasteiger charge is -2.39. The van der Waals surface area contributed by atoms with Gasteiger partial charge in [0.25, 0.3) is 0 Å². The number of benzene rings is 1. The van der Waals surface area contributed by atoms with Crippen molar-refractivity contribution in [1.82, 2.24) is 5.32 Å². The third kappa shape index (κ3) is 3.84. The standard InChI is InChI=1S/C20H27NO2/c1-16-6-2-5-9-18(16)20(10-12-23-13-11-20)15-21-19(22)14-17-7-3-4-8-17/h2-3,5-7,9,17H,4,8,10-15H2,1H3,(H,21,22)/t17-/m0/s1. The van der Waals surface area contributed by atoms with E-state index < -0.39 is 0 Å². The number of amides is 1. The van der Waals surface area contributed by atoms with Crippen molar-refractivity contribution in [2.24, 2.45) is 5.92 Å². The highest BCUT2D eigenvalue weighted by atomic mass is 16.5. The minimum Gasteiger partial charge on any atom is -0.381 e. The molecule has 1 heterocycles. The number of carbonyl (C=O) groups excluding carboxylic acids is 1. The summed E-state index contributed by atoms with van der Waals surface area (Å²) in [6.45, 7) is 4.43. The normalized spacial score (nSPS) is 22.9. The maximum absolute atomic E-state index is 12.3. The second-order valence-electron chi connectivity index (χ2n) is 6.95. The van der Waals surface area contributed by atoms with E-state index in [0.717, 1.165) is 45.4 Å². The highest BCUT2D eigenvalue weighted by Gasteiger charge is 2.35. The maximum atomic E-state index is 12.3. The fourth-order valence-electron chi connectivity index (χ4n) is 3.91. The topological polar surface area (TPSA) is 38.3 Å². The first-order valence-corrected chi connectivity index (χ1v) is 8.77. The summed E-state index contributed by atoms with van der Waals surface area (Å²) in [6.07, 6.45) is 9.17. The van der Waals surface area contributed by atoms with Gasteiger partial charge in [-0.3, -0.25) is 4.79 Å². The molecule has 1 N–H and O–H groups in total. The van der Waals surface area contributed by atoms with Crippen LogP contribution in [-0.4, -0.2) is 25.7 Å². The molecule has 2 aliphatic rings. The molecular formula is C20H27NO2. The van der Waals surface area contributed by atoms with Crippen LogP contribution >= 0.6 is 0 Å². The van der Waals surface area contributed by atoms with Crippen molar-refractivity contribution in [2.45, 2.75) is 44.4 Å². The number of carbonyl (C=O) groups is 1. The van der Waals surface area contributed by atoms with Gasteiger partial charge in [0.2, 0.25) is 5.91 Å². The number of hydrogen-bond donors (Lipinski definition) is 1. The quantitative estimate of drug-likeness (QED) is 0.845. The summed E-state index contributed by atoms with van der Waals surface area (Å²) >= 11 is 0. The van der Waals surface area contributed by atoms with Gasteiger partial charge in [0.1, 0.15) is 0 Å². The average Bonchev–Trinajstić information content (AvgIpc) is 3.07. The molecule has 1 amide bonds. The third-order valence-electron chi connectivity index (χ3n) is 5.35. The zero-order valence-corrected chi connectivity index (χ0v) is 14.0. The fraction of sp³-hybridized carbons (Fsp3) is 0.550. The van der Waals surface area contributed by atoms with Crippen molar-refractivity contribution < 1.29 is 9.53 Å². The van der Waals surface area contributed by atoms with E-state index in [1.807, 2.05) is 0 Å². The van der Waals surface area contributed by atoms with E-state index in [4.69, 9.17) is 4.74 Å². The lowest BCUT2D eigenvalue weighted by molar-refractivity contribution is -0.122. The molecule has 3 rings (SSSR count). The summed E-state index contributed by atoms with van der Waals surface area (Å²) in [4.78, 5) is 12.3. The summed E-state index contributed by atoms with van der Waals surface area (Å²) < 4.78 is 5.58. The lowest BCUT2D eigenvalue weighted by atomic mass is 9.72. The van der Waals surface area contributed by atoms with Gasteiger partial charge in [-0.2, -0.15) is 0 Å². The first-order valence-electron chi connectivity index (χ1n) is 8.77. The van der Waals surface area contributed by atoms with Gasteiger partial charge >= 0.3 is 0 Å². The molecule has 0 bridgehead atoms. The van der Waals surface area contributed by atoms with Gasteiger partial charge in [0.05, 0.1) is 0 Å². The molecular weight excluding hydrogens is 286 g/mol. The molecule has 1 aliphatic carbocycles. The molecule has 1 atom stereocenters. The monoisotopic (exact) mass is 313 g/mol. The Bertz CT molecular complexity index is 573. The lowest BCUT2D eigenvalue weighted by Crippen LogP contribution is -2.45. The second kappa shape index (κ2) is 7.31. The number of nitrogens with one attached hydrogen (secondary N) is 1. The smallest absolute Gasteiger partial charge is 0.220 e. The summed E-state index contributed by atoms with van der Waals surface area (Å²) in [5, 5.41) is 3.22. The van der Waals surface area contributed by atoms with Gasteiger partial charge in [-0.05, 0) is 49.7 Å². The van der Waals surface area contributed by atoms with Crippen molar-refractivity contribution in [2.75, 3.05) is 19.8 Å². The van der Waals surface area contributed by atoms with E-state index >= 15 is 0 Å². The van der Waals surface area contributed by atoms with Gasteiger partial charge in [0.15, 0.2) is 0 Å². The Labute approximate surface area is 139 Å². The zero-order valence-electron chi connectivity index (χ0n) is 14.0. The first kappa shape index (κ1) is 16.3. The molecule has 1 aromatic carbocycles. The van der Waals surface area contributed by atoms with Crippen LogP contribution in [0.25, 0.3) is 0 Å². The molecule has 124 valence electrons. The number of hydrogen-bond acceptors (Lipinski definition) is 2. The zero-order chi connectivity index (χ0) is 16.1. The Morgan fingerprint density at radius 3 is 2.78 bits per heavy atom. The SMILES string of the molecule is Cc1ccccc1C1(CNC(=O)C[C@H]2C=CCC2)CCOCC1. The van der Waals surface area contributed by atoms with Gasteiger partial charge in [-0.1, -0.05) is 36.4 Å². The van der Waals surface area contributed by atoms with E-state index in [1.165, 1.54) is 11.1 Å². The van der Waals surface area contributed by atoms with Crippen molar-refractivity contribution in [3.8, 4) is 0 Å². The molecule has 3 heteroatoms. The summed E-state index contributed by atoms with van der Waals surface area (Å²) in [5.74, 6) is 0.611. The minimum atomic E-state index is 0.0186. The Morgan fingerprint density at radius 1 is 1.30 bits per heavy atom. The van der Waals surface area contributed by atoms with Crippen molar-refractivity contribution >= 4 is 5.91 Å².